The SMILES string of the molecule is C#CCCCCCCCC(=O)N(C)CCCC(=O)N[C@H](C(=O)N1C[C@H](O)C[C@H]1C(=O)N[C@@H](C)c1ccc(-c2scnc2C)cc1)C(C)(C)C. The zero-order chi connectivity index (χ0) is 36.1. The smallest absolute Gasteiger partial charge is 0.246 e. The molecule has 268 valence electrons. The quantitative estimate of drug-likeness (QED) is 0.150. The monoisotopic (exact) mass is 693 g/mol. The van der Waals surface area contributed by atoms with Gasteiger partial charge in [0, 0.05) is 45.8 Å². The number of hydrogen-bond donors (Lipinski definition) is 3. The lowest BCUT2D eigenvalue weighted by Gasteiger charge is -2.35. The van der Waals surface area contributed by atoms with Crippen LogP contribution in [0.3, 0.4) is 0 Å². The Hall–Kier alpha value is -3.75. The molecule has 1 saturated heterocycles. The average Bonchev–Trinajstić information content (AvgIpc) is 3.67. The van der Waals surface area contributed by atoms with E-state index < -0.39 is 29.5 Å². The molecule has 0 saturated carbocycles. The second-order valence-electron chi connectivity index (χ2n) is 14.3. The first-order valence-electron chi connectivity index (χ1n) is 17.5. The molecule has 1 aliphatic heterocycles. The van der Waals surface area contributed by atoms with Crippen molar-refractivity contribution in [3.63, 3.8) is 0 Å². The van der Waals surface area contributed by atoms with Gasteiger partial charge in [0.25, 0.3) is 0 Å². The van der Waals surface area contributed by atoms with Gasteiger partial charge < -0.3 is 25.5 Å². The van der Waals surface area contributed by atoms with E-state index in [9.17, 15) is 24.3 Å². The fraction of sp³-hybridized carbons (Fsp3) is 0.605. The first-order valence-corrected chi connectivity index (χ1v) is 18.4. The molecule has 0 aliphatic carbocycles. The van der Waals surface area contributed by atoms with Gasteiger partial charge in [-0.3, -0.25) is 19.2 Å². The van der Waals surface area contributed by atoms with Crippen LogP contribution >= 0.6 is 11.3 Å². The number of aliphatic hydroxyl groups is 1. The minimum Gasteiger partial charge on any atom is -0.391 e. The standard InChI is InChI=1S/C38H55N5O5S/c1-8-9-10-11-12-13-14-17-33(46)42(7)22-15-16-32(45)41-35(38(4,5)6)37(48)43-24-30(44)23-31(43)36(47)40-26(2)28-18-20-29(21-19-28)34-27(3)39-25-49-34/h1,18-21,25-26,30-31,35,44H,9-17,22-24H2,2-7H3,(H,40,47)(H,41,45)/t26-,30+,31-,35+/m0/s1. The van der Waals surface area contributed by atoms with Crippen molar-refractivity contribution in [1.29, 1.82) is 0 Å². The van der Waals surface area contributed by atoms with Crippen LogP contribution in [0.2, 0.25) is 0 Å². The molecule has 1 aromatic carbocycles. The van der Waals surface area contributed by atoms with Gasteiger partial charge in [0.05, 0.1) is 28.2 Å². The number of thiazole rings is 1. The molecule has 2 heterocycles. The zero-order valence-corrected chi connectivity index (χ0v) is 30.9. The summed E-state index contributed by atoms with van der Waals surface area (Å²) in [5.74, 6) is 1.65. The number of hydrogen-bond acceptors (Lipinski definition) is 7. The van der Waals surface area contributed by atoms with E-state index >= 15 is 0 Å². The summed E-state index contributed by atoms with van der Waals surface area (Å²) in [5.41, 5.74) is 4.11. The molecule has 10 nitrogen and oxygen atoms in total. The highest BCUT2D eigenvalue weighted by Crippen LogP contribution is 2.29. The van der Waals surface area contributed by atoms with Crippen LogP contribution in [0.1, 0.15) is 109 Å². The average molecular weight is 694 g/mol. The molecule has 1 fully saturated rings. The van der Waals surface area contributed by atoms with E-state index in [0.29, 0.717) is 19.4 Å². The van der Waals surface area contributed by atoms with Crippen LogP contribution in [-0.2, 0) is 19.2 Å². The lowest BCUT2D eigenvalue weighted by Crippen LogP contribution is -2.57. The van der Waals surface area contributed by atoms with Crippen molar-refractivity contribution in [3.8, 4) is 22.8 Å². The Morgan fingerprint density at radius 2 is 1.73 bits per heavy atom. The third-order valence-electron chi connectivity index (χ3n) is 9.10. The molecule has 4 amide bonds. The van der Waals surface area contributed by atoms with Gasteiger partial charge in [-0.2, -0.15) is 0 Å². The number of aliphatic hydroxyl groups excluding tert-OH is 1. The summed E-state index contributed by atoms with van der Waals surface area (Å²) in [6.07, 6.45) is 11.4. The van der Waals surface area contributed by atoms with Gasteiger partial charge in [0.15, 0.2) is 0 Å². The minimum atomic E-state index is -0.902. The first-order chi connectivity index (χ1) is 23.2. The highest BCUT2D eigenvalue weighted by molar-refractivity contribution is 7.13. The largest absolute Gasteiger partial charge is 0.391 e. The maximum atomic E-state index is 13.9. The van der Waals surface area contributed by atoms with Crippen molar-refractivity contribution < 1.29 is 24.3 Å². The fourth-order valence-corrected chi connectivity index (χ4v) is 6.89. The summed E-state index contributed by atoms with van der Waals surface area (Å²) in [6.45, 7) is 9.88. The molecule has 4 atom stereocenters. The van der Waals surface area contributed by atoms with Crippen molar-refractivity contribution in [1.82, 2.24) is 25.4 Å². The van der Waals surface area contributed by atoms with E-state index in [2.05, 4.69) is 21.5 Å². The van der Waals surface area contributed by atoms with Crippen molar-refractivity contribution in [2.75, 3.05) is 20.1 Å². The molecule has 49 heavy (non-hydrogen) atoms. The second-order valence-corrected chi connectivity index (χ2v) is 15.1. The highest BCUT2D eigenvalue weighted by atomic mass is 32.1. The number of aryl methyl sites for hydroxylation is 1. The number of unbranched alkanes of at least 4 members (excludes halogenated alkanes) is 5. The van der Waals surface area contributed by atoms with Crippen LogP contribution < -0.4 is 10.6 Å². The van der Waals surface area contributed by atoms with Gasteiger partial charge in [-0.25, -0.2) is 4.98 Å². The van der Waals surface area contributed by atoms with Crippen LogP contribution in [-0.4, -0.2) is 81.8 Å². The van der Waals surface area contributed by atoms with Gasteiger partial charge in [0.2, 0.25) is 23.6 Å². The zero-order valence-electron chi connectivity index (χ0n) is 30.1. The van der Waals surface area contributed by atoms with Crippen molar-refractivity contribution in [3.05, 3.63) is 41.0 Å². The number of carbonyl (C=O) groups is 4. The van der Waals surface area contributed by atoms with Gasteiger partial charge in [0.1, 0.15) is 12.1 Å². The molecular weight excluding hydrogens is 639 g/mol. The summed E-state index contributed by atoms with van der Waals surface area (Å²) >= 11 is 1.58. The number of nitrogens with zero attached hydrogens (tertiary/aromatic N) is 3. The predicted molar refractivity (Wildman–Crippen MR) is 194 cm³/mol. The number of likely N-dealkylation sites (tertiary alicyclic amines) is 1. The summed E-state index contributed by atoms with van der Waals surface area (Å²) in [5, 5.41) is 16.5. The summed E-state index contributed by atoms with van der Waals surface area (Å²) in [6, 6.07) is 5.85. The number of β-amino-alcohol motifs (C(OH)–C–C–N with tert-alkyl or cyclic N) is 1. The Morgan fingerprint density at radius 3 is 2.37 bits per heavy atom. The molecule has 1 aromatic heterocycles. The van der Waals surface area contributed by atoms with Crippen molar-refractivity contribution >= 4 is 35.0 Å². The molecule has 0 unspecified atom stereocenters. The molecule has 0 radical (unpaired) electrons. The minimum absolute atomic E-state index is 0.00840. The van der Waals surface area contributed by atoms with Crippen LogP contribution in [0.15, 0.2) is 29.8 Å². The maximum Gasteiger partial charge on any atom is 0.246 e. The van der Waals surface area contributed by atoms with E-state index in [4.69, 9.17) is 6.42 Å². The van der Waals surface area contributed by atoms with Crippen molar-refractivity contribution in [2.24, 2.45) is 5.41 Å². The normalized spacial score (nSPS) is 17.2. The molecule has 11 heteroatoms. The summed E-state index contributed by atoms with van der Waals surface area (Å²) in [7, 11) is 1.75. The first kappa shape index (κ1) is 39.7. The van der Waals surface area contributed by atoms with Crippen LogP contribution in [0, 0.1) is 24.7 Å². The number of rotatable bonds is 17. The Morgan fingerprint density at radius 1 is 1.06 bits per heavy atom. The van der Waals surface area contributed by atoms with E-state index in [0.717, 1.165) is 60.2 Å². The molecule has 0 bridgehead atoms. The lowest BCUT2D eigenvalue weighted by molar-refractivity contribution is -0.144. The van der Waals surface area contributed by atoms with Crippen LogP contribution in [0.5, 0.6) is 0 Å². The predicted octanol–water partition coefficient (Wildman–Crippen LogP) is 5.39. The van der Waals surface area contributed by atoms with E-state index in [1.807, 2.05) is 64.4 Å². The number of carbonyl (C=O) groups excluding carboxylic acids is 4. The van der Waals surface area contributed by atoms with Crippen LogP contribution in [0.4, 0.5) is 0 Å². The van der Waals surface area contributed by atoms with Crippen LogP contribution in [0.25, 0.3) is 10.4 Å². The Balaban J connectivity index is 1.53. The number of nitrogens with one attached hydrogen (secondary N) is 2. The van der Waals surface area contributed by atoms with Crippen molar-refractivity contribution in [2.45, 2.75) is 123 Å². The Kier molecular flexibility index (Phi) is 15.3. The number of amides is 4. The lowest BCUT2D eigenvalue weighted by atomic mass is 9.85. The maximum absolute atomic E-state index is 13.9. The molecule has 0 spiro atoms. The summed E-state index contributed by atoms with van der Waals surface area (Å²) < 4.78 is 0. The number of terminal acetylenes is 1. The second kappa shape index (κ2) is 18.9. The van der Waals surface area contributed by atoms with Gasteiger partial charge >= 0.3 is 0 Å². The number of benzene rings is 1. The summed E-state index contributed by atoms with van der Waals surface area (Å²) in [4.78, 5) is 61.5. The molecular formula is C38H55N5O5S. The number of aromatic nitrogens is 1. The van der Waals surface area contributed by atoms with E-state index in [1.54, 1.807) is 23.3 Å². The molecule has 3 N–H and O–H groups in total. The highest BCUT2D eigenvalue weighted by Gasteiger charge is 2.44. The van der Waals surface area contributed by atoms with Gasteiger partial charge in [-0.1, -0.05) is 64.3 Å². The fourth-order valence-electron chi connectivity index (χ4n) is 6.07. The molecule has 1 aliphatic rings. The third kappa shape index (κ3) is 12.0. The molecule has 2 aromatic rings. The van der Waals surface area contributed by atoms with E-state index in [1.165, 1.54) is 4.90 Å². The Bertz CT molecular complexity index is 1440. The van der Waals surface area contributed by atoms with Gasteiger partial charge in [-0.05, 0) is 49.7 Å². The third-order valence-corrected chi connectivity index (χ3v) is 10.1. The van der Waals surface area contributed by atoms with Gasteiger partial charge in [-0.15, -0.1) is 23.7 Å². The topological polar surface area (TPSA) is 132 Å². The molecule has 3 rings (SSSR count). The van der Waals surface area contributed by atoms with E-state index in [-0.39, 0.29) is 43.1 Å². The Labute approximate surface area is 296 Å².